The van der Waals surface area contributed by atoms with Crippen LogP contribution in [0.5, 0.6) is 0 Å². The van der Waals surface area contributed by atoms with Gasteiger partial charge in [-0.25, -0.2) is 8.78 Å². The predicted molar refractivity (Wildman–Crippen MR) is 43.8 cm³/mol. The number of nitrogens with one attached hydrogen (secondary N) is 1. The van der Waals surface area contributed by atoms with Gasteiger partial charge < -0.3 is 10.4 Å². The number of rotatable bonds is 1. The lowest BCUT2D eigenvalue weighted by Gasteiger charge is -2.25. The number of halogens is 2. The third-order valence-electron chi connectivity index (χ3n) is 2.82. The van der Waals surface area contributed by atoms with Gasteiger partial charge in [-0.1, -0.05) is 0 Å². The Kier molecular flexibility index (Phi) is 2.25. The Labute approximate surface area is 75.7 Å². The van der Waals surface area contributed by atoms with Crippen LogP contribution >= 0.6 is 0 Å². The highest BCUT2D eigenvalue weighted by molar-refractivity contribution is 4.94. The molecule has 2 unspecified atom stereocenters. The molecule has 2 aliphatic heterocycles. The summed E-state index contributed by atoms with van der Waals surface area (Å²) >= 11 is 0. The minimum absolute atomic E-state index is 0.0732. The number of nitrogens with zero attached hydrogens (tertiary/aromatic N) is 1. The van der Waals surface area contributed by atoms with Crippen molar-refractivity contribution < 1.29 is 13.9 Å². The largest absolute Gasteiger partial charge is 0.390 e. The third kappa shape index (κ3) is 1.82. The molecule has 0 aromatic heterocycles. The second kappa shape index (κ2) is 3.15. The van der Waals surface area contributed by atoms with Crippen LogP contribution in [-0.2, 0) is 0 Å². The molecule has 5 heteroatoms. The Morgan fingerprint density at radius 2 is 2.15 bits per heavy atom. The van der Waals surface area contributed by atoms with Crippen LogP contribution in [0.25, 0.3) is 0 Å². The fourth-order valence-electron chi connectivity index (χ4n) is 2.07. The first-order chi connectivity index (χ1) is 6.08. The fraction of sp³-hybridized carbons (Fsp3) is 1.00. The van der Waals surface area contributed by atoms with Crippen molar-refractivity contribution in [3.05, 3.63) is 0 Å². The number of alkyl halides is 2. The molecule has 0 aliphatic carbocycles. The maximum absolute atomic E-state index is 12.8. The van der Waals surface area contributed by atoms with Gasteiger partial charge in [0.1, 0.15) is 0 Å². The number of aliphatic hydroxyl groups is 1. The molecule has 2 heterocycles. The highest BCUT2D eigenvalue weighted by atomic mass is 19.3. The van der Waals surface area contributed by atoms with Crippen LogP contribution in [-0.4, -0.2) is 54.3 Å². The van der Waals surface area contributed by atoms with E-state index in [9.17, 15) is 13.9 Å². The molecule has 2 saturated heterocycles. The van der Waals surface area contributed by atoms with Gasteiger partial charge in [-0.05, 0) is 0 Å². The van der Waals surface area contributed by atoms with Crippen LogP contribution in [0.1, 0.15) is 6.42 Å². The van der Waals surface area contributed by atoms with Gasteiger partial charge in [-0.3, -0.25) is 4.90 Å². The Morgan fingerprint density at radius 3 is 2.62 bits per heavy atom. The quantitative estimate of drug-likeness (QED) is 0.596. The van der Waals surface area contributed by atoms with Crippen molar-refractivity contribution in [3.8, 4) is 0 Å². The Bertz CT molecular complexity index is 201. The van der Waals surface area contributed by atoms with Gasteiger partial charge in [0.25, 0.3) is 5.92 Å². The van der Waals surface area contributed by atoms with Crippen molar-refractivity contribution in [2.24, 2.45) is 0 Å². The summed E-state index contributed by atoms with van der Waals surface area (Å²) < 4.78 is 25.7. The third-order valence-corrected chi connectivity index (χ3v) is 2.82. The Hall–Kier alpha value is -0.260. The average molecular weight is 192 g/mol. The normalized spacial score (nSPS) is 39.9. The molecule has 0 radical (unpaired) electrons. The monoisotopic (exact) mass is 192 g/mol. The van der Waals surface area contributed by atoms with E-state index < -0.39 is 12.0 Å². The summed E-state index contributed by atoms with van der Waals surface area (Å²) in [5.41, 5.74) is 0. The first kappa shape index (κ1) is 9.30. The molecular weight excluding hydrogens is 178 g/mol. The molecule has 0 saturated carbocycles. The predicted octanol–water partition coefficient (Wildman–Crippen LogP) is -0.340. The molecule has 0 bridgehead atoms. The molecule has 2 N–H and O–H groups in total. The zero-order chi connectivity index (χ0) is 9.47. The van der Waals surface area contributed by atoms with E-state index >= 15 is 0 Å². The maximum Gasteiger partial charge on any atom is 0.261 e. The Balaban J connectivity index is 1.95. The fourth-order valence-corrected chi connectivity index (χ4v) is 2.07. The highest BCUT2D eigenvalue weighted by Gasteiger charge is 2.43. The smallest absolute Gasteiger partial charge is 0.261 e. The second-order valence-electron chi connectivity index (χ2n) is 3.87. The summed E-state index contributed by atoms with van der Waals surface area (Å²) in [7, 11) is 0. The molecule has 2 aliphatic rings. The number of β-amino-alcohol motifs (C(OH)–C–C–N with tert-alkyl or cyclic N) is 1. The van der Waals surface area contributed by atoms with E-state index in [4.69, 9.17) is 0 Å². The van der Waals surface area contributed by atoms with Gasteiger partial charge in [0, 0.05) is 32.1 Å². The molecular formula is C8H14F2N2O. The lowest BCUT2D eigenvalue weighted by molar-refractivity contribution is 0.00104. The lowest BCUT2D eigenvalue weighted by atomic mass is 10.2. The van der Waals surface area contributed by atoms with Crippen molar-refractivity contribution >= 4 is 0 Å². The summed E-state index contributed by atoms with van der Waals surface area (Å²) in [6, 6.07) is -0.117. The van der Waals surface area contributed by atoms with Crippen molar-refractivity contribution in [2.45, 2.75) is 24.5 Å². The van der Waals surface area contributed by atoms with Gasteiger partial charge >= 0.3 is 0 Å². The van der Waals surface area contributed by atoms with Crippen molar-refractivity contribution in [2.75, 3.05) is 26.2 Å². The topological polar surface area (TPSA) is 35.5 Å². The summed E-state index contributed by atoms with van der Waals surface area (Å²) in [6.07, 6.45) is -0.565. The molecule has 76 valence electrons. The number of likely N-dealkylation sites (tertiary alicyclic amines) is 1. The lowest BCUT2D eigenvalue weighted by Crippen LogP contribution is -2.42. The van der Waals surface area contributed by atoms with E-state index in [0.717, 1.165) is 0 Å². The molecule has 0 amide bonds. The van der Waals surface area contributed by atoms with Crippen molar-refractivity contribution in [3.63, 3.8) is 0 Å². The van der Waals surface area contributed by atoms with Gasteiger partial charge in [0.05, 0.1) is 12.6 Å². The van der Waals surface area contributed by atoms with Crippen molar-refractivity contribution in [1.29, 1.82) is 0 Å². The van der Waals surface area contributed by atoms with E-state index in [2.05, 4.69) is 5.32 Å². The van der Waals surface area contributed by atoms with Crippen molar-refractivity contribution in [1.82, 2.24) is 10.2 Å². The number of hydrogen-bond donors (Lipinski definition) is 2. The van der Waals surface area contributed by atoms with Gasteiger partial charge in [0.15, 0.2) is 0 Å². The summed E-state index contributed by atoms with van der Waals surface area (Å²) in [4.78, 5) is 1.69. The van der Waals surface area contributed by atoms with E-state index in [1.165, 1.54) is 0 Å². The van der Waals surface area contributed by atoms with Gasteiger partial charge in [0.2, 0.25) is 0 Å². The summed E-state index contributed by atoms with van der Waals surface area (Å²) in [5, 5.41) is 12.5. The van der Waals surface area contributed by atoms with Crippen LogP contribution in [0.3, 0.4) is 0 Å². The minimum Gasteiger partial charge on any atom is -0.390 e. The van der Waals surface area contributed by atoms with E-state index in [1.54, 1.807) is 4.90 Å². The molecule has 0 spiro atoms. The first-order valence-electron chi connectivity index (χ1n) is 4.59. The van der Waals surface area contributed by atoms with Crippen LogP contribution in [0.2, 0.25) is 0 Å². The maximum atomic E-state index is 12.8. The molecule has 13 heavy (non-hydrogen) atoms. The zero-order valence-corrected chi connectivity index (χ0v) is 7.34. The Morgan fingerprint density at radius 1 is 1.38 bits per heavy atom. The summed E-state index contributed by atoms with van der Waals surface area (Å²) in [6.45, 7) is 1.34. The highest BCUT2D eigenvalue weighted by Crippen LogP contribution is 2.29. The second-order valence-corrected chi connectivity index (χ2v) is 3.87. The molecule has 2 atom stereocenters. The molecule has 2 rings (SSSR count). The van der Waals surface area contributed by atoms with Gasteiger partial charge in [-0.2, -0.15) is 0 Å². The first-order valence-corrected chi connectivity index (χ1v) is 4.59. The molecule has 0 aromatic carbocycles. The van der Waals surface area contributed by atoms with Gasteiger partial charge in [-0.15, -0.1) is 0 Å². The number of aliphatic hydroxyl groups excluding tert-OH is 1. The van der Waals surface area contributed by atoms with E-state index in [0.29, 0.717) is 19.6 Å². The molecule has 2 fully saturated rings. The molecule has 0 aromatic rings. The zero-order valence-electron chi connectivity index (χ0n) is 7.34. The number of hydrogen-bond acceptors (Lipinski definition) is 3. The average Bonchev–Trinajstić information content (AvgIpc) is 2.56. The van der Waals surface area contributed by atoms with Crippen LogP contribution < -0.4 is 5.32 Å². The molecule has 3 nitrogen and oxygen atoms in total. The van der Waals surface area contributed by atoms with Crippen LogP contribution in [0, 0.1) is 0 Å². The van der Waals surface area contributed by atoms with E-state index in [1.807, 2.05) is 0 Å². The van der Waals surface area contributed by atoms with E-state index in [-0.39, 0.29) is 19.0 Å². The standard InChI is InChI=1S/C8H14F2N2O/c9-8(10)1-2-12(5-8)6-3-11-4-7(6)13/h6-7,11,13H,1-5H2. The SMILES string of the molecule is OC1CNCC1N1CCC(F)(F)C1. The summed E-state index contributed by atoms with van der Waals surface area (Å²) in [5.74, 6) is -2.55. The van der Waals surface area contributed by atoms with Crippen LogP contribution in [0.15, 0.2) is 0 Å². The minimum atomic E-state index is -2.55. The van der Waals surface area contributed by atoms with Crippen LogP contribution in [0.4, 0.5) is 8.78 Å².